The Bertz CT molecular complexity index is 789. The summed E-state index contributed by atoms with van der Waals surface area (Å²) in [4.78, 5) is 2.23. The maximum Gasteiger partial charge on any atom is 0.124 e. The van der Waals surface area contributed by atoms with Gasteiger partial charge in [0.2, 0.25) is 0 Å². The second-order valence-electron chi connectivity index (χ2n) is 6.28. The highest BCUT2D eigenvalue weighted by Crippen LogP contribution is 2.30. The fraction of sp³-hybridized carbons (Fsp3) is 0.350. The SMILES string of the molecule is COc1cc(NC2CCN(c3cc(Cl)ccc3C#N)CC2)cc(OC)c1. The summed E-state index contributed by atoms with van der Waals surface area (Å²) in [6, 6.07) is 13.8. The predicted molar refractivity (Wildman–Crippen MR) is 105 cm³/mol. The van der Waals surface area contributed by atoms with Crippen LogP contribution in [0.3, 0.4) is 0 Å². The van der Waals surface area contributed by atoms with E-state index >= 15 is 0 Å². The molecule has 2 aromatic carbocycles. The van der Waals surface area contributed by atoms with Gasteiger partial charge in [0, 0.05) is 48.0 Å². The monoisotopic (exact) mass is 371 g/mol. The molecule has 1 saturated heterocycles. The smallest absolute Gasteiger partial charge is 0.124 e. The summed E-state index contributed by atoms with van der Waals surface area (Å²) >= 11 is 6.11. The van der Waals surface area contributed by atoms with Crippen LogP contribution >= 0.6 is 11.6 Å². The number of methoxy groups -OCH3 is 2. The maximum atomic E-state index is 9.33. The van der Waals surface area contributed by atoms with Crippen molar-refractivity contribution in [1.82, 2.24) is 0 Å². The number of ether oxygens (including phenoxy) is 2. The van der Waals surface area contributed by atoms with Gasteiger partial charge in [-0.25, -0.2) is 0 Å². The van der Waals surface area contributed by atoms with Crippen LogP contribution in [-0.2, 0) is 0 Å². The Morgan fingerprint density at radius 2 is 1.73 bits per heavy atom. The molecule has 5 nitrogen and oxygen atoms in total. The average molecular weight is 372 g/mol. The van der Waals surface area contributed by atoms with Crippen molar-refractivity contribution in [2.24, 2.45) is 0 Å². The summed E-state index contributed by atoms with van der Waals surface area (Å²) in [7, 11) is 3.30. The lowest BCUT2D eigenvalue weighted by atomic mass is 10.0. The third-order valence-electron chi connectivity index (χ3n) is 4.64. The molecule has 26 heavy (non-hydrogen) atoms. The standard InChI is InChI=1S/C20H22ClN3O2/c1-25-18-10-17(11-19(12-18)26-2)23-16-5-7-24(8-6-16)20-9-15(21)4-3-14(20)13-22/h3-4,9-12,16,23H,5-8H2,1-2H3. The van der Waals surface area contributed by atoms with E-state index < -0.39 is 0 Å². The van der Waals surface area contributed by atoms with E-state index in [1.807, 2.05) is 24.3 Å². The number of hydrogen-bond donors (Lipinski definition) is 1. The van der Waals surface area contributed by atoms with Gasteiger partial charge in [0.05, 0.1) is 25.5 Å². The minimum Gasteiger partial charge on any atom is -0.497 e. The summed E-state index contributed by atoms with van der Waals surface area (Å²) in [5.41, 5.74) is 2.57. The molecule has 0 aromatic heterocycles. The highest BCUT2D eigenvalue weighted by Gasteiger charge is 2.21. The zero-order chi connectivity index (χ0) is 18.5. The Hall–Kier alpha value is -2.58. The molecule has 1 heterocycles. The number of hydrogen-bond acceptors (Lipinski definition) is 5. The van der Waals surface area contributed by atoms with Crippen LogP contribution in [0.25, 0.3) is 0 Å². The maximum absolute atomic E-state index is 9.33. The van der Waals surface area contributed by atoms with Crippen molar-refractivity contribution >= 4 is 23.0 Å². The van der Waals surface area contributed by atoms with E-state index in [2.05, 4.69) is 16.3 Å². The zero-order valence-corrected chi connectivity index (χ0v) is 15.7. The van der Waals surface area contributed by atoms with E-state index in [1.54, 1.807) is 26.4 Å². The van der Waals surface area contributed by atoms with Crippen molar-refractivity contribution in [3.05, 3.63) is 47.0 Å². The number of nitrogens with zero attached hydrogens (tertiary/aromatic N) is 2. The average Bonchev–Trinajstić information content (AvgIpc) is 2.68. The number of nitriles is 1. The molecule has 3 rings (SSSR count). The molecule has 0 bridgehead atoms. The number of halogens is 1. The molecular weight excluding hydrogens is 350 g/mol. The lowest BCUT2D eigenvalue weighted by Crippen LogP contribution is -2.39. The minimum atomic E-state index is 0.354. The Labute approximate surface area is 159 Å². The molecule has 1 aliphatic rings. The first-order valence-corrected chi connectivity index (χ1v) is 8.95. The molecule has 1 aliphatic heterocycles. The van der Waals surface area contributed by atoms with Gasteiger partial charge >= 0.3 is 0 Å². The number of benzene rings is 2. The van der Waals surface area contributed by atoms with E-state index in [0.717, 1.165) is 48.8 Å². The topological polar surface area (TPSA) is 57.5 Å². The molecule has 0 amide bonds. The van der Waals surface area contributed by atoms with Crippen LogP contribution in [0, 0.1) is 11.3 Å². The van der Waals surface area contributed by atoms with Gasteiger partial charge in [-0.3, -0.25) is 0 Å². The quantitative estimate of drug-likeness (QED) is 0.848. The van der Waals surface area contributed by atoms with Crippen LogP contribution < -0.4 is 19.7 Å². The lowest BCUT2D eigenvalue weighted by Gasteiger charge is -2.35. The molecule has 2 aromatic rings. The highest BCUT2D eigenvalue weighted by molar-refractivity contribution is 6.30. The molecule has 1 N–H and O–H groups in total. The van der Waals surface area contributed by atoms with E-state index in [9.17, 15) is 5.26 Å². The van der Waals surface area contributed by atoms with Crippen LogP contribution in [-0.4, -0.2) is 33.4 Å². The van der Waals surface area contributed by atoms with Crippen molar-refractivity contribution in [3.63, 3.8) is 0 Å². The van der Waals surface area contributed by atoms with Crippen LogP contribution in [0.5, 0.6) is 11.5 Å². The van der Waals surface area contributed by atoms with E-state index in [4.69, 9.17) is 21.1 Å². The highest BCUT2D eigenvalue weighted by atomic mass is 35.5. The predicted octanol–water partition coefficient (Wildman–Crippen LogP) is 4.31. The number of nitrogens with one attached hydrogen (secondary N) is 1. The molecule has 136 valence electrons. The summed E-state index contributed by atoms with van der Waals surface area (Å²) in [5.74, 6) is 1.53. The Morgan fingerprint density at radius 3 is 2.31 bits per heavy atom. The molecule has 0 aliphatic carbocycles. The summed E-state index contributed by atoms with van der Waals surface area (Å²) in [6.45, 7) is 1.74. The molecule has 0 atom stereocenters. The molecule has 0 radical (unpaired) electrons. The molecule has 6 heteroatoms. The van der Waals surface area contributed by atoms with Gasteiger partial charge < -0.3 is 19.7 Å². The Balaban J connectivity index is 1.66. The molecule has 1 fully saturated rings. The van der Waals surface area contributed by atoms with Gasteiger partial charge in [-0.05, 0) is 31.0 Å². The van der Waals surface area contributed by atoms with Crippen LogP contribution in [0.15, 0.2) is 36.4 Å². The first-order valence-electron chi connectivity index (χ1n) is 8.57. The second kappa shape index (κ2) is 8.20. The number of anilines is 2. The molecular formula is C20H22ClN3O2. The number of rotatable bonds is 5. The van der Waals surface area contributed by atoms with Crippen LogP contribution in [0.2, 0.25) is 5.02 Å². The zero-order valence-electron chi connectivity index (χ0n) is 15.0. The largest absolute Gasteiger partial charge is 0.497 e. The molecule has 0 saturated carbocycles. The lowest BCUT2D eigenvalue weighted by molar-refractivity contribution is 0.394. The van der Waals surface area contributed by atoms with E-state index in [1.165, 1.54) is 0 Å². The van der Waals surface area contributed by atoms with Crippen molar-refractivity contribution in [3.8, 4) is 17.6 Å². The van der Waals surface area contributed by atoms with Crippen molar-refractivity contribution in [1.29, 1.82) is 5.26 Å². The van der Waals surface area contributed by atoms with Gasteiger partial charge in [0.1, 0.15) is 17.6 Å². The first-order chi connectivity index (χ1) is 12.6. The third kappa shape index (κ3) is 4.14. The van der Waals surface area contributed by atoms with Gasteiger partial charge in [-0.15, -0.1) is 0 Å². The minimum absolute atomic E-state index is 0.354. The van der Waals surface area contributed by atoms with Crippen molar-refractivity contribution in [2.45, 2.75) is 18.9 Å². The second-order valence-corrected chi connectivity index (χ2v) is 6.72. The van der Waals surface area contributed by atoms with Crippen molar-refractivity contribution < 1.29 is 9.47 Å². The summed E-state index contributed by atoms with van der Waals surface area (Å²) < 4.78 is 10.7. The van der Waals surface area contributed by atoms with E-state index in [-0.39, 0.29) is 0 Å². The summed E-state index contributed by atoms with van der Waals surface area (Å²) in [6.07, 6.45) is 1.94. The van der Waals surface area contributed by atoms with Crippen LogP contribution in [0.4, 0.5) is 11.4 Å². The van der Waals surface area contributed by atoms with Gasteiger partial charge in [-0.1, -0.05) is 11.6 Å². The fourth-order valence-electron chi connectivity index (χ4n) is 3.25. The molecule has 0 unspecified atom stereocenters. The summed E-state index contributed by atoms with van der Waals surface area (Å²) in [5, 5.41) is 13.5. The van der Waals surface area contributed by atoms with Crippen LogP contribution in [0.1, 0.15) is 18.4 Å². The van der Waals surface area contributed by atoms with Gasteiger partial charge in [-0.2, -0.15) is 5.26 Å². The third-order valence-corrected chi connectivity index (χ3v) is 4.87. The van der Waals surface area contributed by atoms with E-state index in [0.29, 0.717) is 16.6 Å². The van der Waals surface area contributed by atoms with Gasteiger partial charge in [0.25, 0.3) is 0 Å². The Morgan fingerprint density at radius 1 is 1.08 bits per heavy atom. The molecule has 0 spiro atoms. The first kappa shape index (κ1) is 18.2. The van der Waals surface area contributed by atoms with Crippen molar-refractivity contribution in [2.75, 3.05) is 37.5 Å². The van der Waals surface area contributed by atoms with Gasteiger partial charge in [0.15, 0.2) is 0 Å². The Kier molecular flexibility index (Phi) is 5.75. The number of piperidine rings is 1. The normalized spacial score (nSPS) is 14.6. The fourth-order valence-corrected chi connectivity index (χ4v) is 3.42.